The average molecular weight is 543 g/mol. The quantitative estimate of drug-likeness (QED) is 0.429. The van der Waals surface area contributed by atoms with Crippen LogP contribution < -0.4 is 4.72 Å². The fraction of sp³-hybridized carbons (Fsp3) is 0.440. The van der Waals surface area contributed by atoms with Gasteiger partial charge >= 0.3 is 5.97 Å². The van der Waals surface area contributed by atoms with Crippen LogP contribution in [0.4, 0.5) is 17.6 Å². The minimum absolute atomic E-state index is 0.0182. The predicted molar refractivity (Wildman–Crippen MR) is 126 cm³/mol. The highest BCUT2D eigenvalue weighted by Crippen LogP contribution is 2.50. The molecule has 3 fully saturated rings. The summed E-state index contributed by atoms with van der Waals surface area (Å²) in [5.74, 6) is -4.04. The predicted octanol–water partition coefficient (Wildman–Crippen LogP) is 3.26. The fourth-order valence-corrected chi connectivity index (χ4v) is 6.16. The SMILES string of the molecule is CC(=O)O[C@H](C)C(=O)N1C2CC(F)(C2)[C@H](NS(C)(=O)=O)[C@@H]1Cc1cccc(-c2cc(F)cc(F)c2)c1F. The molecule has 12 heteroatoms. The summed E-state index contributed by atoms with van der Waals surface area (Å²) in [6.07, 6.45) is -0.977. The molecule has 1 aliphatic carbocycles. The molecule has 200 valence electrons. The summed E-state index contributed by atoms with van der Waals surface area (Å²) in [4.78, 5) is 26.0. The van der Waals surface area contributed by atoms with E-state index in [0.717, 1.165) is 25.3 Å². The highest BCUT2D eigenvalue weighted by atomic mass is 32.2. The van der Waals surface area contributed by atoms with Gasteiger partial charge in [0.05, 0.1) is 18.3 Å². The number of esters is 1. The number of alkyl halides is 1. The lowest BCUT2D eigenvalue weighted by molar-refractivity contribution is -0.179. The molecule has 0 spiro atoms. The van der Waals surface area contributed by atoms with Crippen LogP contribution in [0, 0.1) is 17.5 Å². The van der Waals surface area contributed by atoms with E-state index in [1.807, 2.05) is 0 Å². The summed E-state index contributed by atoms with van der Waals surface area (Å²) in [6.45, 7) is 2.47. The molecule has 3 aliphatic rings. The number of hydrogen-bond donors (Lipinski definition) is 1. The topological polar surface area (TPSA) is 92.8 Å². The Balaban J connectivity index is 1.76. The first kappa shape index (κ1) is 27.1. The number of benzene rings is 2. The lowest BCUT2D eigenvalue weighted by Gasteiger charge is -2.61. The molecular weight excluding hydrogens is 516 g/mol. The van der Waals surface area contributed by atoms with Crippen LogP contribution in [0.1, 0.15) is 32.3 Å². The molecule has 0 radical (unpaired) electrons. The van der Waals surface area contributed by atoms with Gasteiger partial charge in [-0.05, 0) is 36.6 Å². The van der Waals surface area contributed by atoms with Crippen LogP contribution >= 0.6 is 0 Å². The van der Waals surface area contributed by atoms with E-state index >= 15 is 8.78 Å². The molecule has 1 N–H and O–H groups in total. The van der Waals surface area contributed by atoms with Crippen molar-refractivity contribution in [3.63, 3.8) is 0 Å². The Morgan fingerprint density at radius 1 is 1.16 bits per heavy atom. The zero-order valence-corrected chi connectivity index (χ0v) is 21.1. The molecule has 1 amide bonds. The van der Waals surface area contributed by atoms with Gasteiger partial charge in [0, 0.05) is 37.4 Å². The number of ether oxygens (including phenoxy) is 1. The molecule has 7 nitrogen and oxygen atoms in total. The second-order valence-corrected chi connectivity index (χ2v) is 11.4. The average Bonchev–Trinajstić information content (AvgIpc) is 2.74. The van der Waals surface area contributed by atoms with E-state index in [9.17, 15) is 26.8 Å². The molecule has 5 rings (SSSR count). The van der Waals surface area contributed by atoms with Crippen LogP contribution in [-0.4, -0.2) is 61.3 Å². The number of rotatable bonds is 7. The van der Waals surface area contributed by atoms with E-state index in [0.29, 0.717) is 6.07 Å². The molecule has 37 heavy (non-hydrogen) atoms. The van der Waals surface area contributed by atoms with E-state index in [2.05, 4.69) is 4.72 Å². The van der Waals surface area contributed by atoms with E-state index in [-0.39, 0.29) is 36.0 Å². The molecule has 0 unspecified atom stereocenters. The van der Waals surface area contributed by atoms with Gasteiger partial charge in [0.25, 0.3) is 5.91 Å². The van der Waals surface area contributed by atoms with E-state index in [1.54, 1.807) is 0 Å². The van der Waals surface area contributed by atoms with Gasteiger partial charge in [-0.1, -0.05) is 18.2 Å². The number of amides is 1. The molecule has 0 aromatic heterocycles. The van der Waals surface area contributed by atoms with Crippen molar-refractivity contribution in [2.45, 2.75) is 63.0 Å². The maximum atomic E-state index is 15.7. The second-order valence-electron chi connectivity index (χ2n) is 9.67. The normalized spacial score (nSPS) is 25.8. The summed E-state index contributed by atoms with van der Waals surface area (Å²) in [5.41, 5.74) is -2.17. The number of nitrogens with zero attached hydrogens (tertiary/aromatic N) is 1. The number of carbonyl (C=O) groups excluding carboxylic acids is 2. The first-order valence-electron chi connectivity index (χ1n) is 11.6. The fourth-order valence-electron chi connectivity index (χ4n) is 5.33. The lowest BCUT2D eigenvalue weighted by Crippen LogP contribution is -2.77. The van der Waals surface area contributed by atoms with Gasteiger partial charge in [0.2, 0.25) is 10.0 Å². The van der Waals surface area contributed by atoms with Crippen LogP contribution in [0.5, 0.6) is 0 Å². The summed E-state index contributed by atoms with van der Waals surface area (Å²) in [5, 5.41) is 0. The summed E-state index contributed by atoms with van der Waals surface area (Å²) in [7, 11) is -3.94. The lowest BCUT2D eigenvalue weighted by atomic mass is 9.64. The van der Waals surface area contributed by atoms with Crippen LogP contribution in [0.25, 0.3) is 11.1 Å². The van der Waals surface area contributed by atoms with Crippen molar-refractivity contribution in [2.24, 2.45) is 0 Å². The maximum absolute atomic E-state index is 15.7. The Hall–Kier alpha value is -2.99. The van der Waals surface area contributed by atoms with Crippen LogP contribution in [0.3, 0.4) is 0 Å². The van der Waals surface area contributed by atoms with Crippen molar-refractivity contribution in [1.82, 2.24) is 9.62 Å². The number of fused-ring (bicyclic) bond motifs is 2. The number of hydrogen-bond acceptors (Lipinski definition) is 5. The Kier molecular flexibility index (Phi) is 7.10. The Labute approximate surface area is 211 Å². The van der Waals surface area contributed by atoms with Crippen molar-refractivity contribution >= 4 is 21.9 Å². The number of nitrogens with one attached hydrogen (secondary N) is 1. The molecule has 2 bridgehead atoms. The van der Waals surface area contributed by atoms with Gasteiger partial charge in [0.1, 0.15) is 23.1 Å². The minimum atomic E-state index is -3.94. The van der Waals surface area contributed by atoms with Crippen LogP contribution in [0.2, 0.25) is 0 Å². The molecule has 2 aromatic rings. The number of sulfonamides is 1. The second kappa shape index (κ2) is 9.71. The molecule has 3 atom stereocenters. The highest BCUT2D eigenvalue weighted by Gasteiger charge is 2.63. The van der Waals surface area contributed by atoms with Crippen molar-refractivity contribution in [3.8, 4) is 11.1 Å². The highest BCUT2D eigenvalue weighted by molar-refractivity contribution is 7.88. The van der Waals surface area contributed by atoms with Crippen molar-refractivity contribution in [1.29, 1.82) is 0 Å². The van der Waals surface area contributed by atoms with Crippen LogP contribution in [0.15, 0.2) is 36.4 Å². The monoisotopic (exact) mass is 542 g/mol. The van der Waals surface area contributed by atoms with Gasteiger partial charge in [-0.25, -0.2) is 30.7 Å². The maximum Gasteiger partial charge on any atom is 0.303 e. The van der Waals surface area contributed by atoms with Crippen LogP contribution in [-0.2, 0) is 30.8 Å². The summed E-state index contributed by atoms with van der Waals surface area (Å²) >= 11 is 0. The third kappa shape index (κ3) is 5.49. The van der Waals surface area contributed by atoms with Gasteiger partial charge in [-0.2, -0.15) is 0 Å². The van der Waals surface area contributed by atoms with Crippen molar-refractivity contribution in [3.05, 3.63) is 59.4 Å². The molecule has 2 heterocycles. The summed E-state index contributed by atoms with van der Waals surface area (Å²) in [6, 6.07) is 3.51. The number of halogens is 4. The third-order valence-electron chi connectivity index (χ3n) is 6.81. The molecule has 2 aliphatic heterocycles. The first-order chi connectivity index (χ1) is 17.2. The van der Waals surface area contributed by atoms with Gasteiger partial charge in [-0.3, -0.25) is 9.59 Å². The standard InChI is InChI=1S/C25H26F4N2O5S/c1-13(36-14(2)32)24(33)31-19-11-25(29,12-19)23(30-37(3,34)35)21(31)9-15-5-4-6-20(22(15)28)16-7-17(26)10-18(27)8-16/h4-8,10,13,19,21,23,30H,9,11-12H2,1-3H3/t13-,19?,21+,23-,25?/m1/s1. The molecule has 2 aromatic carbocycles. The van der Waals surface area contributed by atoms with Crippen molar-refractivity contribution < 1.29 is 40.3 Å². The van der Waals surface area contributed by atoms with E-state index in [4.69, 9.17) is 4.74 Å². The van der Waals surface area contributed by atoms with Crippen molar-refractivity contribution in [2.75, 3.05) is 6.26 Å². The first-order valence-corrected chi connectivity index (χ1v) is 13.5. The minimum Gasteiger partial charge on any atom is -0.453 e. The van der Waals surface area contributed by atoms with E-state index < -0.39 is 69.2 Å². The van der Waals surface area contributed by atoms with Gasteiger partial charge < -0.3 is 9.64 Å². The summed E-state index contributed by atoms with van der Waals surface area (Å²) < 4.78 is 90.5. The Bertz CT molecular complexity index is 1330. The smallest absolute Gasteiger partial charge is 0.303 e. The molecule has 1 saturated carbocycles. The number of piperidine rings is 2. The van der Waals surface area contributed by atoms with Gasteiger partial charge in [0.15, 0.2) is 6.10 Å². The van der Waals surface area contributed by atoms with Gasteiger partial charge in [-0.15, -0.1) is 0 Å². The third-order valence-corrected chi connectivity index (χ3v) is 7.49. The zero-order chi connectivity index (χ0) is 27.3. The number of carbonyl (C=O) groups is 2. The molecule has 2 saturated heterocycles. The Morgan fingerprint density at radius 3 is 2.35 bits per heavy atom. The Morgan fingerprint density at radius 2 is 1.78 bits per heavy atom. The van der Waals surface area contributed by atoms with E-state index in [1.165, 1.54) is 30.0 Å². The largest absolute Gasteiger partial charge is 0.453 e. The zero-order valence-electron chi connectivity index (χ0n) is 20.3. The molecular formula is C25H26F4N2O5S.